The zero-order valence-electron chi connectivity index (χ0n) is 19.4. The van der Waals surface area contributed by atoms with Crippen LogP contribution in [0.3, 0.4) is 0 Å². The molecule has 1 heterocycles. The number of fused-ring (bicyclic) bond motifs is 1. The van der Waals surface area contributed by atoms with Gasteiger partial charge in [0, 0.05) is 19.5 Å². The Morgan fingerprint density at radius 2 is 1.71 bits per heavy atom. The number of methoxy groups -OCH3 is 1. The van der Waals surface area contributed by atoms with Crippen molar-refractivity contribution >= 4 is 28.5 Å². The van der Waals surface area contributed by atoms with Gasteiger partial charge in [-0.2, -0.15) is 0 Å². The highest BCUT2D eigenvalue weighted by molar-refractivity contribution is 6.03. The maximum Gasteiger partial charge on any atom is 0.253 e. The molecule has 0 aliphatic heterocycles. The lowest BCUT2D eigenvalue weighted by atomic mass is 10.1. The number of rotatable bonds is 9. The number of aryl methyl sites for hydroxylation is 2. The molecule has 0 saturated carbocycles. The topological polar surface area (TPSA) is 85.2 Å². The second-order valence-electron chi connectivity index (χ2n) is 8.00. The van der Waals surface area contributed by atoms with Gasteiger partial charge in [0.1, 0.15) is 11.6 Å². The van der Waals surface area contributed by atoms with Gasteiger partial charge in [-0.3, -0.25) is 9.59 Å². The standard InChI is InChI=1S/C27H28N4O3/c1-19-29-24-9-5-6-10-25(24)31(19)18-17-28-27(33)22-7-3-4-8-23(22)30-26(32)16-13-20-11-14-21(34-2)15-12-20/h3-12,14-15H,13,16-18H2,1-2H3,(H,28,33)(H,30,32). The van der Waals surface area contributed by atoms with E-state index < -0.39 is 0 Å². The number of ether oxygens (including phenoxy) is 1. The predicted molar refractivity (Wildman–Crippen MR) is 133 cm³/mol. The third-order valence-electron chi connectivity index (χ3n) is 5.71. The van der Waals surface area contributed by atoms with Gasteiger partial charge < -0.3 is 19.9 Å². The second-order valence-corrected chi connectivity index (χ2v) is 8.00. The maximum atomic E-state index is 12.9. The normalized spacial score (nSPS) is 10.8. The molecule has 7 nitrogen and oxygen atoms in total. The zero-order chi connectivity index (χ0) is 23.9. The summed E-state index contributed by atoms with van der Waals surface area (Å²) in [5.41, 5.74) is 3.97. The van der Waals surface area contributed by atoms with Gasteiger partial charge in [0.15, 0.2) is 0 Å². The van der Waals surface area contributed by atoms with E-state index in [4.69, 9.17) is 4.74 Å². The Bertz CT molecular complexity index is 1290. The molecule has 0 saturated heterocycles. The van der Waals surface area contributed by atoms with Crippen molar-refractivity contribution in [2.45, 2.75) is 26.3 Å². The van der Waals surface area contributed by atoms with Crippen LogP contribution in [-0.4, -0.2) is 35.0 Å². The van der Waals surface area contributed by atoms with Crippen molar-refractivity contribution in [1.82, 2.24) is 14.9 Å². The van der Waals surface area contributed by atoms with Crippen LogP contribution in [0.4, 0.5) is 5.69 Å². The summed E-state index contributed by atoms with van der Waals surface area (Å²) in [6.07, 6.45) is 0.914. The first-order valence-electron chi connectivity index (χ1n) is 11.3. The molecule has 0 radical (unpaired) electrons. The number of aromatic nitrogens is 2. The SMILES string of the molecule is COc1ccc(CCC(=O)Nc2ccccc2C(=O)NCCn2c(C)nc3ccccc32)cc1. The molecule has 7 heteroatoms. The highest BCUT2D eigenvalue weighted by atomic mass is 16.5. The van der Waals surface area contributed by atoms with Gasteiger partial charge in [-0.1, -0.05) is 36.4 Å². The average molecular weight is 457 g/mol. The average Bonchev–Trinajstić information content (AvgIpc) is 3.18. The summed E-state index contributed by atoms with van der Waals surface area (Å²) in [5.74, 6) is 1.31. The molecule has 0 bridgehead atoms. The number of para-hydroxylation sites is 3. The molecule has 1 aromatic heterocycles. The summed E-state index contributed by atoms with van der Waals surface area (Å²) in [6.45, 7) is 3.01. The smallest absolute Gasteiger partial charge is 0.253 e. The molecule has 34 heavy (non-hydrogen) atoms. The number of carbonyl (C=O) groups excluding carboxylic acids is 2. The van der Waals surface area contributed by atoms with Gasteiger partial charge in [0.2, 0.25) is 5.91 Å². The Morgan fingerprint density at radius 3 is 2.50 bits per heavy atom. The summed E-state index contributed by atoms with van der Waals surface area (Å²) in [7, 11) is 1.62. The number of carbonyl (C=O) groups is 2. The molecule has 0 unspecified atom stereocenters. The fraction of sp³-hybridized carbons (Fsp3) is 0.222. The van der Waals surface area contributed by atoms with E-state index in [-0.39, 0.29) is 11.8 Å². The Morgan fingerprint density at radius 1 is 0.971 bits per heavy atom. The molecular weight excluding hydrogens is 428 g/mol. The second kappa shape index (κ2) is 10.7. The number of hydrogen-bond donors (Lipinski definition) is 2. The number of hydrogen-bond acceptors (Lipinski definition) is 4. The minimum Gasteiger partial charge on any atom is -0.497 e. The van der Waals surface area contributed by atoms with Crippen LogP contribution in [-0.2, 0) is 17.8 Å². The number of benzene rings is 3. The molecule has 0 aliphatic rings. The monoisotopic (exact) mass is 456 g/mol. The van der Waals surface area contributed by atoms with Crippen LogP contribution < -0.4 is 15.4 Å². The summed E-state index contributed by atoms with van der Waals surface area (Å²) in [6, 6.07) is 22.6. The van der Waals surface area contributed by atoms with Gasteiger partial charge in [-0.15, -0.1) is 0 Å². The van der Waals surface area contributed by atoms with Gasteiger partial charge in [0.05, 0.1) is 29.4 Å². The van der Waals surface area contributed by atoms with E-state index >= 15 is 0 Å². The van der Waals surface area contributed by atoms with Gasteiger partial charge in [-0.25, -0.2) is 4.98 Å². The van der Waals surface area contributed by atoms with Crippen molar-refractivity contribution in [3.63, 3.8) is 0 Å². The van der Waals surface area contributed by atoms with Crippen LogP contribution >= 0.6 is 0 Å². The van der Waals surface area contributed by atoms with Crippen molar-refractivity contribution in [3.8, 4) is 5.75 Å². The van der Waals surface area contributed by atoms with E-state index in [2.05, 4.69) is 20.2 Å². The predicted octanol–water partition coefficient (Wildman–Crippen LogP) is 4.35. The molecule has 0 spiro atoms. The summed E-state index contributed by atoms with van der Waals surface area (Å²) in [4.78, 5) is 30.0. The number of anilines is 1. The molecule has 2 amide bonds. The zero-order valence-corrected chi connectivity index (χ0v) is 19.4. The van der Waals surface area contributed by atoms with E-state index in [1.165, 1.54) is 0 Å². The fourth-order valence-electron chi connectivity index (χ4n) is 3.91. The summed E-state index contributed by atoms with van der Waals surface area (Å²) < 4.78 is 7.25. The molecule has 0 aliphatic carbocycles. The Balaban J connectivity index is 1.34. The molecular formula is C27H28N4O3. The van der Waals surface area contributed by atoms with Crippen LogP contribution in [0.25, 0.3) is 11.0 Å². The number of imidazole rings is 1. The molecule has 4 rings (SSSR count). The number of amides is 2. The number of nitrogens with one attached hydrogen (secondary N) is 2. The van der Waals surface area contributed by atoms with Crippen molar-refractivity contribution in [1.29, 1.82) is 0 Å². The molecule has 3 aromatic carbocycles. The first kappa shape index (κ1) is 23.0. The minimum absolute atomic E-state index is 0.142. The van der Waals surface area contributed by atoms with Crippen LogP contribution in [0.15, 0.2) is 72.8 Å². The van der Waals surface area contributed by atoms with Crippen molar-refractivity contribution in [2.75, 3.05) is 19.0 Å². The Hall–Kier alpha value is -4.13. The lowest BCUT2D eigenvalue weighted by molar-refractivity contribution is -0.116. The van der Waals surface area contributed by atoms with E-state index in [0.717, 1.165) is 28.2 Å². The van der Waals surface area contributed by atoms with E-state index in [9.17, 15) is 9.59 Å². The Labute approximate surface area is 198 Å². The third kappa shape index (κ3) is 5.43. The first-order valence-corrected chi connectivity index (χ1v) is 11.3. The van der Waals surface area contributed by atoms with Gasteiger partial charge >= 0.3 is 0 Å². The highest BCUT2D eigenvalue weighted by Gasteiger charge is 2.14. The van der Waals surface area contributed by atoms with Crippen LogP contribution in [0.2, 0.25) is 0 Å². The molecule has 4 aromatic rings. The third-order valence-corrected chi connectivity index (χ3v) is 5.71. The van der Waals surface area contributed by atoms with E-state index in [0.29, 0.717) is 37.2 Å². The first-order chi connectivity index (χ1) is 16.5. The number of nitrogens with zero attached hydrogens (tertiary/aromatic N) is 2. The molecule has 174 valence electrons. The van der Waals surface area contributed by atoms with Crippen molar-refractivity contribution < 1.29 is 14.3 Å². The highest BCUT2D eigenvalue weighted by Crippen LogP contribution is 2.18. The largest absolute Gasteiger partial charge is 0.497 e. The van der Waals surface area contributed by atoms with E-state index in [1.807, 2.05) is 55.5 Å². The van der Waals surface area contributed by atoms with Gasteiger partial charge in [-0.05, 0) is 55.3 Å². The van der Waals surface area contributed by atoms with Crippen molar-refractivity contribution in [2.24, 2.45) is 0 Å². The summed E-state index contributed by atoms with van der Waals surface area (Å²) in [5, 5.41) is 5.84. The minimum atomic E-state index is -0.229. The lowest BCUT2D eigenvalue weighted by Crippen LogP contribution is -2.28. The molecule has 0 fully saturated rings. The molecule has 0 atom stereocenters. The maximum absolute atomic E-state index is 12.9. The van der Waals surface area contributed by atoms with Gasteiger partial charge in [0.25, 0.3) is 5.91 Å². The Kier molecular flexibility index (Phi) is 7.22. The fourth-order valence-corrected chi connectivity index (χ4v) is 3.91. The van der Waals surface area contributed by atoms with E-state index in [1.54, 1.807) is 31.4 Å². The quantitative estimate of drug-likeness (QED) is 0.392. The van der Waals surface area contributed by atoms with Crippen LogP contribution in [0.1, 0.15) is 28.2 Å². The molecule has 2 N–H and O–H groups in total. The lowest BCUT2D eigenvalue weighted by Gasteiger charge is -2.12. The summed E-state index contributed by atoms with van der Waals surface area (Å²) >= 11 is 0. The van der Waals surface area contributed by atoms with Crippen molar-refractivity contribution in [3.05, 3.63) is 89.7 Å². The van der Waals surface area contributed by atoms with Crippen LogP contribution in [0, 0.1) is 6.92 Å². The van der Waals surface area contributed by atoms with Crippen LogP contribution in [0.5, 0.6) is 5.75 Å².